The van der Waals surface area contributed by atoms with Crippen molar-refractivity contribution < 1.29 is 9.47 Å². The maximum atomic E-state index is 5.46. The van der Waals surface area contributed by atoms with E-state index in [0.29, 0.717) is 12.6 Å². The number of morpholine rings is 1. The zero-order valence-electron chi connectivity index (χ0n) is 7.85. The normalized spacial score (nSPS) is 21.9. The Morgan fingerprint density at radius 2 is 2.36 bits per heavy atom. The zero-order valence-corrected chi connectivity index (χ0v) is 7.85. The molecule has 1 atom stereocenters. The molecule has 0 aromatic carbocycles. The van der Waals surface area contributed by atoms with Gasteiger partial charge in [-0.25, -0.2) is 9.97 Å². The molecule has 5 nitrogen and oxygen atoms in total. The minimum Gasteiger partial charge on any atom is -0.461 e. The third kappa shape index (κ3) is 2.65. The van der Waals surface area contributed by atoms with Crippen LogP contribution in [0.2, 0.25) is 0 Å². The first-order valence-electron chi connectivity index (χ1n) is 4.67. The molecule has 1 aliphatic heterocycles. The Hall–Kier alpha value is -1.20. The molecule has 5 heteroatoms. The Kier molecular flexibility index (Phi) is 3.26. The molecule has 1 aromatic rings. The van der Waals surface area contributed by atoms with Crippen LogP contribution in [-0.2, 0) is 4.74 Å². The second-order valence-corrected chi connectivity index (χ2v) is 3.04. The van der Waals surface area contributed by atoms with Crippen molar-refractivity contribution in [2.45, 2.75) is 6.10 Å². The van der Waals surface area contributed by atoms with Crippen LogP contribution in [-0.4, -0.2) is 42.4 Å². The first-order valence-corrected chi connectivity index (χ1v) is 4.67. The summed E-state index contributed by atoms with van der Waals surface area (Å²) in [5.74, 6) is 0. The summed E-state index contributed by atoms with van der Waals surface area (Å²) >= 11 is 0. The van der Waals surface area contributed by atoms with E-state index >= 15 is 0 Å². The number of hydrogen-bond acceptors (Lipinski definition) is 5. The van der Waals surface area contributed by atoms with Crippen LogP contribution >= 0.6 is 0 Å². The van der Waals surface area contributed by atoms with Gasteiger partial charge in [0.2, 0.25) is 0 Å². The van der Waals surface area contributed by atoms with Gasteiger partial charge in [-0.2, -0.15) is 0 Å². The third-order valence-corrected chi connectivity index (χ3v) is 1.94. The number of aromatic nitrogens is 2. The molecule has 1 N–H and O–H groups in total. The maximum Gasteiger partial charge on any atom is 0.316 e. The predicted molar refractivity (Wildman–Crippen MR) is 50.1 cm³/mol. The highest BCUT2D eigenvalue weighted by Gasteiger charge is 2.14. The summed E-state index contributed by atoms with van der Waals surface area (Å²) in [6, 6.07) is 2.16. The van der Waals surface area contributed by atoms with Crippen molar-refractivity contribution in [3.8, 4) is 6.01 Å². The number of ether oxygens (including phenoxy) is 2. The minimum absolute atomic E-state index is 0.104. The van der Waals surface area contributed by atoms with E-state index in [9.17, 15) is 0 Å². The van der Waals surface area contributed by atoms with Crippen molar-refractivity contribution in [1.29, 1.82) is 0 Å². The van der Waals surface area contributed by atoms with Crippen LogP contribution in [0.15, 0.2) is 18.5 Å². The second-order valence-electron chi connectivity index (χ2n) is 3.04. The molecule has 0 aliphatic carbocycles. The second kappa shape index (κ2) is 4.88. The number of rotatable bonds is 3. The fourth-order valence-electron chi connectivity index (χ4n) is 1.25. The molecular formula is C9H13N3O2. The third-order valence-electron chi connectivity index (χ3n) is 1.94. The van der Waals surface area contributed by atoms with E-state index in [1.165, 1.54) is 0 Å². The molecule has 0 amide bonds. The summed E-state index contributed by atoms with van der Waals surface area (Å²) in [5, 5.41) is 3.23. The standard InChI is InChI=1S/C9H13N3O2/c1-2-11-9(12-3-1)14-7-8-6-10-4-5-13-8/h1-3,8,10H,4-7H2. The van der Waals surface area contributed by atoms with Crippen LogP contribution in [0.5, 0.6) is 6.01 Å². The first kappa shape index (κ1) is 9.36. The quantitative estimate of drug-likeness (QED) is 0.726. The van der Waals surface area contributed by atoms with Gasteiger partial charge in [0, 0.05) is 25.5 Å². The summed E-state index contributed by atoms with van der Waals surface area (Å²) in [5.41, 5.74) is 0. The van der Waals surface area contributed by atoms with Crippen LogP contribution in [0.25, 0.3) is 0 Å². The van der Waals surface area contributed by atoms with E-state index in [1.54, 1.807) is 18.5 Å². The van der Waals surface area contributed by atoms with E-state index in [0.717, 1.165) is 19.7 Å². The highest BCUT2D eigenvalue weighted by atomic mass is 16.5. The number of hydrogen-bond donors (Lipinski definition) is 1. The molecule has 14 heavy (non-hydrogen) atoms. The molecule has 76 valence electrons. The molecule has 1 aliphatic rings. The maximum absolute atomic E-state index is 5.46. The molecule has 0 spiro atoms. The number of nitrogens with zero attached hydrogens (tertiary/aromatic N) is 2. The van der Waals surface area contributed by atoms with Gasteiger partial charge in [0.05, 0.1) is 6.61 Å². The van der Waals surface area contributed by atoms with Crippen LogP contribution in [0.1, 0.15) is 0 Å². The summed E-state index contributed by atoms with van der Waals surface area (Å²) in [6.07, 6.45) is 3.41. The molecule has 1 fully saturated rings. The SMILES string of the molecule is c1cnc(OCC2CNCCO2)nc1. The van der Waals surface area contributed by atoms with Crippen molar-refractivity contribution in [2.75, 3.05) is 26.3 Å². The van der Waals surface area contributed by atoms with Crippen molar-refractivity contribution in [3.05, 3.63) is 18.5 Å². The van der Waals surface area contributed by atoms with Gasteiger partial charge in [0.25, 0.3) is 0 Å². The molecule has 2 heterocycles. The van der Waals surface area contributed by atoms with Gasteiger partial charge in [-0.1, -0.05) is 0 Å². The minimum atomic E-state index is 0.104. The van der Waals surface area contributed by atoms with Crippen molar-refractivity contribution in [2.24, 2.45) is 0 Å². The topological polar surface area (TPSA) is 56.3 Å². The predicted octanol–water partition coefficient (Wildman–Crippen LogP) is -0.156. The lowest BCUT2D eigenvalue weighted by atomic mass is 10.3. The summed E-state index contributed by atoms with van der Waals surface area (Å²) < 4.78 is 10.8. The highest BCUT2D eigenvalue weighted by molar-refractivity contribution is 4.93. The van der Waals surface area contributed by atoms with E-state index < -0.39 is 0 Å². The summed E-state index contributed by atoms with van der Waals surface area (Å²) in [4.78, 5) is 7.91. The van der Waals surface area contributed by atoms with Gasteiger partial charge in [-0.15, -0.1) is 0 Å². The molecule has 0 saturated carbocycles. The molecule has 0 bridgehead atoms. The van der Waals surface area contributed by atoms with E-state index in [4.69, 9.17) is 9.47 Å². The molecule has 0 radical (unpaired) electrons. The van der Waals surface area contributed by atoms with Crippen LogP contribution in [0.4, 0.5) is 0 Å². The molecule has 1 unspecified atom stereocenters. The average molecular weight is 195 g/mol. The molecule has 1 saturated heterocycles. The lowest BCUT2D eigenvalue weighted by Crippen LogP contribution is -2.41. The van der Waals surface area contributed by atoms with Gasteiger partial charge in [0.1, 0.15) is 12.7 Å². The molecule has 1 aromatic heterocycles. The van der Waals surface area contributed by atoms with Crippen molar-refractivity contribution in [3.63, 3.8) is 0 Å². The first-order chi connectivity index (χ1) is 6.95. The Bertz CT molecular complexity index is 262. The van der Waals surface area contributed by atoms with Gasteiger partial charge in [-0.3, -0.25) is 0 Å². The molecule has 2 rings (SSSR count). The van der Waals surface area contributed by atoms with Crippen LogP contribution in [0.3, 0.4) is 0 Å². The van der Waals surface area contributed by atoms with E-state index in [-0.39, 0.29) is 6.10 Å². The van der Waals surface area contributed by atoms with Crippen molar-refractivity contribution >= 4 is 0 Å². The Balaban J connectivity index is 1.76. The highest BCUT2D eigenvalue weighted by Crippen LogP contribution is 2.01. The Morgan fingerprint density at radius 3 is 3.07 bits per heavy atom. The summed E-state index contributed by atoms with van der Waals surface area (Å²) in [6.45, 7) is 2.98. The summed E-state index contributed by atoms with van der Waals surface area (Å²) in [7, 11) is 0. The Morgan fingerprint density at radius 1 is 1.50 bits per heavy atom. The van der Waals surface area contributed by atoms with Crippen LogP contribution < -0.4 is 10.1 Å². The van der Waals surface area contributed by atoms with Gasteiger partial charge in [0.15, 0.2) is 0 Å². The fraction of sp³-hybridized carbons (Fsp3) is 0.556. The van der Waals surface area contributed by atoms with Gasteiger partial charge in [-0.05, 0) is 6.07 Å². The van der Waals surface area contributed by atoms with Crippen LogP contribution in [0, 0.1) is 0 Å². The van der Waals surface area contributed by atoms with E-state index in [2.05, 4.69) is 15.3 Å². The molecular weight excluding hydrogens is 182 g/mol. The van der Waals surface area contributed by atoms with Crippen molar-refractivity contribution in [1.82, 2.24) is 15.3 Å². The zero-order chi connectivity index (χ0) is 9.64. The smallest absolute Gasteiger partial charge is 0.316 e. The Labute approximate surface area is 82.5 Å². The lowest BCUT2D eigenvalue weighted by Gasteiger charge is -2.22. The lowest BCUT2D eigenvalue weighted by molar-refractivity contribution is -0.00178. The van der Waals surface area contributed by atoms with E-state index in [1.807, 2.05) is 0 Å². The number of nitrogens with one attached hydrogen (secondary N) is 1. The largest absolute Gasteiger partial charge is 0.461 e. The monoisotopic (exact) mass is 195 g/mol. The van der Waals surface area contributed by atoms with Gasteiger partial charge >= 0.3 is 6.01 Å². The average Bonchev–Trinajstić information content (AvgIpc) is 2.29. The van der Waals surface area contributed by atoms with Gasteiger partial charge < -0.3 is 14.8 Å². The fourth-order valence-corrected chi connectivity index (χ4v) is 1.25.